The summed E-state index contributed by atoms with van der Waals surface area (Å²) in [6.45, 7) is 0. The second-order valence-electron chi connectivity index (χ2n) is 3.68. The van der Waals surface area contributed by atoms with Gasteiger partial charge in [0.25, 0.3) is 0 Å². The molecule has 5 heteroatoms. The van der Waals surface area contributed by atoms with Crippen LogP contribution in [-0.4, -0.2) is 19.4 Å². The summed E-state index contributed by atoms with van der Waals surface area (Å²) in [5.41, 5.74) is -1.18. The first kappa shape index (κ1) is 9.47. The van der Waals surface area contributed by atoms with E-state index in [4.69, 9.17) is 18.6 Å². The lowest BCUT2D eigenvalue weighted by Gasteiger charge is -2.45. The van der Waals surface area contributed by atoms with E-state index >= 15 is 0 Å². The van der Waals surface area contributed by atoms with Crippen LogP contribution in [0.25, 0.3) is 0 Å². The van der Waals surface area contributed by atoms with Crippen LogP contribution in [0.1, 0.15) is 5.76 Å². The Morgan fingerprint density at radius 3 is 3.06 bits per heavy atom. The van der Waals surface area contributed by atoms with Crippen LogP contribution < -0.4 is 0 Å². The summed E-state index contributed by atoms with van der Waals surface area (Å²) in [4.78, 5) is 11.9. The zero-order valence-corrected chi connectivity index (χ0v) is 8.58. The average molecular weight is 222 g/mol. The molecule has 0 radical (unpaired) electrons. The van der Waals surface area contributed by atoms with Gasteiger partial charge in [-0.1, -0.05) is 0 Å². The van der Waals surface area contributed by atoms with Crippen molar-refractivity contribution in [2.75, 3.05) is 7.11 Å². The number of carbonyl (C=O) groups excluding carboxylic acids is 1. The molecule has 1 saturated heterocycles. The van der Waals surface area contributed by atoms with Crippen LogP contribution >= 0.6 is 0 Å². The second kappa shape index (κ2) is 3.12. The lowest BCUT2D eigenvalue weighted by molar-refractivity contribution is -0.319. The van der Waals surface area contributed by atoms with Gasteiger partial charge in [-0.25, -0.2) is 4.79 Å². The molecule has 16 heavy (non-hydrogen) atoms. The van der Waals surface area contributed by atoms with Gasteiger partial charge in [-0.2, -0.15) is 0 Å². The maximum Gasteiger partial charge on any atom is 0.347 e. The summed E-state index contributed by atoms with van der Waals surface area (Å²) in [6, 6.07) is 3.40. The summed E-state index contributed by atoms with van der Waals surface area (Å²) < 4.78 is 20.7. The Labute approximate surface area is 91.6 Å². The highest BCUT2D eigenvalue weighted by Gasteiger charge is 2.66. The first-order chi connectivity index (χ1) is 7.79. The van der Waals surface area contributed by atoms with E-state index in [1.807, 2.05) is 0 Å². The lowest BCUT2D eigenvalue weighted by atomic mass is 9.79. The van der Waals surface area contributed by atoms with E-state index < -0.39 is 17.9 Å². The van der Waals surface area contributed by atoms with Crippen molar-refractivity contribution < 1.29 is 23.4 Å². The number of rotatable bonds is 2. The molecule has 1 aromatic heterocycles. The molecule has 0 aliphatic carbocycles. The van der Waals surface area contributed by atoms with E-state index in [0.29, 0.717) is 5.76 Å². The van der Waals surface area contributed by atoms with Crippen molar-refractivity contribution in [3.05, 3.63) is 36.5 Å². The number of hydrogen-bond donors (Lipinski definition) is 0. The highest BCUT2D eigenvalue weighted by atomic mass is 16.7. The van der Waals surface area contributed by atoms with E-state index in [2.05, 4.69) is 0 Å². The fourth-order valence-corrected chi connectivity index (χ4v) is 2.15. The first-order valence-corrected chi connectivity index (χ1v) is 4.91. The van der Waals surface area contributed by atoms with Gasteiger partial charge in [0, 0.05) is 0 Å². The minimum Gasteiger partial charge on any atom is -0.472 e. The molecule has 84 valence electrons. The van der Waals surface area contributed by atoms with Gasteiger partial charge in [-0.15, -0.1) is 0 Å². The topological polar surface area (TPSA) is 57.9 Å². The molecule has 0 saturated carbocycles. The molecule has 0 N–H and O–H groups in total. The van der Waals surface area contributed by atoms with Gasteiger partial charge in [-0.05, 0) is 18.2 Å². The van der Waals surface area contributed by atoms with E-state index in [-0.39, 0.29) is 5.92 Å². The monoisotopic (exact) mass is 222 g/mol. The van der Waals surface area contributed by atoms with Crippen molar-refractivity contribution in [1.82, 2.24) is 0 Å². The van der Waals surface area contributed by atoms with E-state index in [0.717, 1.165) is 0 Å². The van der Waals surface area contributed by atoms with E-state index in [1.54, 1.807) is 18.2 Å². The standard InChI is InChI=1S/C11H10O5/c1-13-10(12)11(8-3-2-5-14-8)7-4-6-15-9(7)16-11/h2-7,9H,1H3/t7-,9-,11+/m1/s1. The van der Waals surface area contributed by atoms with Gasteiger partial charge < -0.3 is 18.6 Å². The number of furan rings is 1. The Hall–Kier alpha value is -1.75. The third-order valence-electron chi connectivity index (χ3n) is 2.94. The molecule has 5 nitrogen and oxygen atoms in total. The van der Waals surface area contributed by atoms with Crippen LogP contribution in [0.4, 0.5) is 0 Å². The molecule has 1 aromatic rings. The molecule has 3 atom stereocenters. The zero-order chi connectivity index (χ0) is 11.2. The van der Waals surface area contributed by atoms with Gasteiger partial charge in [0.15, 0.2) is 0 Å². The summed E-state index contributed by atoms with van der Waals surface area (Å²) in [5.74, 6) is -0.222. The Kier molecular flexibility index (Phi) is 1.85. The number of carbonyl (C=O) groups is 1. The third-order valence-corrected chi connectivity index (χ3v) is 2.94. The summed E-state index contributed by atoms with van der Waals surface area (Å²) in [7, 11) is 1.32. The smallest absolute Gasteiger partial charge is 0.347 e. The maximum absolute atomic E-state index is 11.9. The maximum atomic E-state index is 11.9. The summed E-state index contributed by atoms with van der Waals surface area (Å²) in [6.07, 6.45) is 4.40. The summed E-state index contributed by atoms with van der Waals surface area (Å²) >= 11 is 0. The average Bonchev–Trinajstić information content (AvgIpc) is 2.90. The van der Waals surface area contributed by atoms with Gasteiger partial charge in [0.05, 0.1) is 25.6 Å². The highest BCUT2D eigenvalue weighted by molar-refractivity contribution is 5.82. The molecule has 2 aliphatic heterocycles. The predicted molar refractivity (Wildman–Crippen MR) is 51.0 cm³/mol. The fraction of sp³-hybridized carbons (Fsp3) is 0.364. The zero-order valence-electron chi connectivity index (χ0n) is 8.58. The summed E-state index contributed by atoms with van der Waals surface area (Å²) in [5, 5.41) is 0. The van der Waals surface area contributed by atoms with Gasteiger partial charge in [0.1, 0.15) is 5.76 Å². The number of esters is 1. The molecular weight excluding hydrogens is 212 g/mol. The molecule has 3 heterocycles. The van der Waals surface area contributed by atoms with Gasteiger partial charge in [0.2, 0.25) is 11.9 Å². The van der Waals surface area contributed by atoms with Crippen LogP contribution in [0, 0.1) is 5.92 Å². The van der Waals surface area contributed by atoms with Crippen LogP contribution in [-0.2, 0) is 24.6 Å². The Bertz CT molecular complexity index is 435. The molecule has 1 fully saturated rings. The van der Waals surface area contributed by atoms with Crippen molar-refractivity contribution in [3.8, 4) is 0 Å². The van der Waals surface area contributed by atoms with Crippen LogP contribution in [0.3, 0.4) is 0 Å². The van der Waals surface area contributed by atoms with Crippen molar-refractivity contribution in [1.29, 1.82) is 0 Å². The highest BCUT2D eigenvalue weighted by Crippen LogP contribution is 2.51. The molecule has 0 unspecified atom stereocenters. The Morgan fingerprint density at radius 2 is 2.44 bits per heavy atom. The van der Waals surface area contributed by atoms with E-state index in [9.17, 15) is 4.79 Å². The van der Waals surface area contributed by atoms with Crippen LogP contribution in [0.2, 0.25) is 0 Å². The SMILES string of the molecule is COC(=O)[C@]1(c2ccco2)O[C@H]2OC=C[C@H]21. The number of fused-ring (bicyclic) bond motifs is 1. The van der Waals surface area contributed by atoms with Crippen LogP contribution in [0.5, 0.6) is 0 Å². The fourth-order valence-electron chi connectivity index (χ4n) is 2.15. The van der Waals surface area contributed by atoms with Crippen LogP contribution in [0.15, 0.2) is 35.2 Å². The Morgan fingerprint density at radius 1 is 1.56 bits per heavy atom. The predicted octanol–water partition coefficient (Wildman–Crippen LogP) is 1.16. The van der Waals surface area contributed by atoms with Crippen molar-refractivity contribution >= 4 is 5.97 Å². The second-order valence-corrected chi connectivity index (χ2v) is 3.68. The minimum absolute atomic E-state index is 0.189. The van der Waals surface area contributed by atoms with Gasteiger partial charge in [-0.3, -0.25) is 0 Å². The quantitative estimate of drug-likeness (QED) is 0.703. The number of hydrogen-bond acceptors (Lipinski definition) is 5. The minimum atomic E-state index is -1.18. The van der Waals surface area contributed by atoms with Gasteiger partial charge >= 0.3 is 5.97 Å². The molecule has 3 rings (SSSR count). The normalized spacial score (nSPS) is 35.1. The molecule has 0 spiro atoms. The largest absolute Gasteiger partial charge is 0.472 e. The first-order valence-electron chi connectivity index (χ1n) is 4.91. The molecule has 0 amide bonds. The number of methoxy groups -OCH3 is 1. The van der Waals surface area contributed by atoms with Crippen molar-refractivity contribution in [2.45, 2.75) is 11.9 Å². The molecule has 0 bridgehead atoms. The third kappa shape index (κ3) is 0.957. The lowest BCUT2D eigenvalue weighted by Crippen LogP contribution is -2.60. The van der Waals surface area contributed by atoms with Crippen molar-refractivity contribution in [2.24, 2.45) is 5.92 Å². The molecule has 2 aliphatic rings. The van der Waals surface area contributed by atoms with Crippen molar-refractivity contribution in [3.63, 3.8) is 0 Å². The molecule has 0 aromatic carbocycles. The Balaban J connectivity index is 2.03. The number of ether oxygens (including phenoxy) is 3. The molecular formula is C11H10O5. The van der Waals surface area contributed by atoms with E-state index in [1.165, 1.54) is 19.6 Å².